The normalized spacial score (nSPS) is 16.7. The maximum atomic E-state index is 12.9. The highest BCUT2D eigenvalue weighted by Gasteiger charge is 2.30. The highest BCUT2D eigenvalue weighted by molar-refractivity contribution is 7.89. The monoisotopic (exact) mass is 410 g/mol. The molecule has 1 fully saturated rings. The van der Waals surface area contributed by atoms with Gasteiger partial charge < -0.3 is 15.2 Å². The van der Waals surface area contributed by atoms with E-state index in [0.717, 1.165) is 25.7 Å². The number of nitrogens with zero attached hydrogens (tertiary/aromatic N) is 1. The summed E-state index contributed by atoms with van der Waals surface area (Å²) < 4.78 is 69.3. The van der Waals surface area contributed by atoms with Crippen LogP contribution in [-0.4, -0.2) is 56.9 Å². The number of alkyl halides is 3. The summed E-state index contributed by atoms with van der Waals surface area (Å²) in [4.78, 5) is 0.00950. The summed E-state index contributed by atoms with van der Waals surface area (Å²) in [7, 11) is -3.73. The van der Waals surface area contributed by atoms with Crippen LogP contribution >= 0.6 is 0 Å². The number of nitrogens with one attached hydrogen (secondary N) is 1. The Morgan fingerprint density at radius 1 is 1.15 bits per heavy atom. The molecule has 0 spiro atoms. The van der Waals surface area contributed by atoms with Gasteiger partial charge in [-0.1, -0.05) is 12.8 Å². The lowest BCUT2D eigenvalue weighted by Gasteiger charge is -2.21. The molecule has 0 radical (unpaired) electrons. The first kappa shape index (κ1) is 21.8. The molecule has 1 heterocycles. The average molecular weight is 410 g/mol. The van der Waals surface area contributed by atoms with Crippen molar-refractivity contribution in [2.75, 3.05) is 38.2 Å². The van der Waals surface area contributed by atoms with Gasteiger partial charge in [0.15, 0.2) is 6.61 Å². The lowest BCUT2D eigenvalue weighted by molar-refractivity contribution is -0.153. The van der Waals surface area contributed by atoms with Gasteiger partial charge in [0, 0.05) is 26.2 Å². The van der Waals surface area contributed by atoms with Crippen molar-refractivity contribution < 1.29 is 31.4 Å². The summed E-state index contributed by atoms with van der Waals surface area (Å²) >= 11 is 0. The van der Waals surface area contributed by atoms with Gasteiger partial charge in [0.1, 0.15) is 5.75 Å². The molecule has 0 unspecified atom stereocenters. The Morgan fingerprint density at radius 3 is 2.41 bits per heavy atom. The maximum absolute atomic E-state index is 12.9. The van der Waals surface area contributed by atoms with E-state index in [1.807, 2.05) is 0 Å². The Labute approximate surface area is 157 Å². The number of benzene rings is 1. The first-order valence-electron chi connectivity index (χ1n) is 8.92. The number of ether oxygens (including phenoxy) is 1. The molecule has 1 aliphatic heterocycles. The molecule has 154 valence electrons. The van der Waals surface area contributed by atoms with Crippen LogP contribution in [0.2, 0.25) is 0 Å². The number of hydrogen-bond acceptors (Lipinski definition) is 5. The molecular weight excluding hydrogens is 385 g/mol. The van der Waals surface area contributed by atoms with Gasteiger partial charge in [0.05, 0.1) is 10.6 Å². The fourth-order valence-corrected chi connectivity index (χ4v) is 4.37. The number of anilines is 1. The van der Waals surface area contributed by atoms with E-state index < -0.39 is 22.8 Å². The molecule has 27 heavy (non-hydrogen) atoms. The zero-order chi connectivity index (χ0) is 19.9. The maximum Gasteiger partial charge on any atom is 0.422 e. The van der Waals surface area contributed by atoms with Gasteiger partial charge in [-0.15, -0.1) is 0 Å². The summed E-state index contributed by atoms with van der Waals surface area (Å²) in [5, 5.41) is 11.7. The first-order valence-corrected chi connectivity index (χ1v) is 10.4. The predicted octanol–water partition coefficient (Wildman–Crippen LogP) is 2.99. The zero-order valence-corrected chi connectivity index (χ0v) is 15.8. The molecule has 0 bridgehead atoms. The van der Waals surface area contributed by atoms with Gasteiger partial charge >= 0.3 is 6.18 Å². The van der Waals surface area contributed by atoms with Crippen LogP contribution < -0.4 is 10.1 Å². The van der Waals surface area contributed by atoms with Crippen molar-refractivity contribution in [1.29, 1.82) is 0 Å². The molecule has 2 N–H and O–H groups in total. The molecule has 0 amide bonds. The Kier molecular flexibility index (Phi) is 7.75. The predicted molar refractivity (Wildman–Crippen MR) is 95.4 cm³/mol. The van der Waals surface area contributed by atoms with Crippen LogP contribution in [0.25, 0.3) is 0 Å². The Bertz CT molecular complexity index is 703. The van der Waals surface area contributed by atoms with Gasteiger partial charge in [-0.2, -0.15) is 17.5 Å². The molecule has 2 rings (SSSR count). The minimum Gasteiger partial charge on any atom is -0.482 e. The SMILES string of the molecule is O=S(=O)(c1ccc(OCC(F)(F)F)c(NCCCO)c1)N1CCCCCC1. The number of halogens is 3. The van der Waals surface area contributed by atoms with Gasteiger partial charge in [-0.05, 0) is 37.5 Å². The first-order chi connectivity index (χ1) is 12.7. The molecular formula is C17H25F3N2O4S. The van der Waals surface area contributed by atoms with Crippen LogP contribution in [0.3, 0.4) is 0 Å². The minimum absolute atomic E-state index is 0.00950. The number of sulfonamides is 1. The summed E-state index contributed by atoms with van der Waals surface area (Å²) in [5.41, 5.74) is 0.156. The fraction of sp³-hybridized carbons (Fsp3) is 0.647. The smallest absolute Gasteiger partial charge is 0.422 e. The summed E-state index contributed by atoms with van der Waals surface area (Å²) in [6.45, 7) is -0.437. The van der Waals surface area contributed by atoms with Crippen molar-refractivity contribution >= 4 is 15.7 Å². The van der Waals surface area contributed by atoms with E-state index in [-0.39, 0.29) is 29.5 Å². The summed E-state index contributed by atoms with van der Waals surface area (Å²) in [5.74, 6) is -0.0833. The van der Waals surface area contributed by atoms with E-state index in [4.69, 9.17) is 9.84 Å². The number of aliphatic hydroxyl groups is 1. The third kappa shape index (κ3) is 6.54. The third-order valence-electron chi connectivity index (χ3n) is 4.20. The van der Waals surface area contributed by atoms with Crippen LogP contribution in [0.1, 0.15) is 32.1 Å². The van der Waals surface area contributed by atoms with E-state index in [9.17, 15) is 21.6 Å². The summed E-state index contributed by atoms with van der Waals surface area (Å²) in [6, 6.07) is 3.80. The van der Waals surface area contributed by atoms with Crippen LogP contribution in [0, 0.1) is 0 Å². The second-order valence-electron chi connectivity index (χ2n) is 6.38. The Hall–Kier alpha value is -1.52. The Balaban J connectivity index is 2.26. The summed E-state index contributed by atoms with van der Waals surface area (Å²) in [6.07, 6.45) is -0.614. The quantitative estimate of drug-likeness (QED) is 0.644. The largest absolute Gasteiger partial charge is 0.482 e. The van der Waals surface area contributed by atoms with Crippen LogP contribution in [0.4, 0.5) is 18.9 Å². The van der Waals surface area contributed by atoms with Gasteiger partial charge in [0.2, 0.25) is 10.0 Å². The Morgan fingerprint density at radius 2 is 1.81 bits per heavy atom. The molecule has 1 saturated heterocycles. The van der Waals surface area contributed by atoms with Crippen molar-refractivity contribution in [2.45, 2.75) is 43.2 Å². The molecule has 1 aromatic rings. The second kappa shape index (κ2) is 9.61. The van der Waals surface area contributed by atoms with Crippen LogP contribution in [0.15, 0.2) is 23.1 Å². The molecule has 10 heteroatoms. The minimum atomic E-state index is -4.50. The molecule has 0 atom stereocenters. The van der Waals surface area contributed by atoms with Crippen molar-refractivity contribution in [3.63, 3.8) is 0 Å². The average Bonchev–Trinajstić information content (AvgIpc) is 2.90. The molecule has 0 saturated carbocycles. The lowest BCUT2D eigenvalue weighted by Crippen LogP contribution is -2.32. The van der Waals surface area contributed by atoms with E-state index in [1.165, 1.54) is 22.5 Å². The number of rotatable bonds is 8. The highest BCUT2D eigenvalue weighted by atomic mass is 32.2. The highest BCUT2D eigenvalue weighted by Crippen LogP contribution is 2.31. The topological polar surface area (TPSA) is 78.9 Å². The van der Waals surface area contributed by atoms with E-state index in [2.05, 4.69) is 5.32 Å². The molecule has 0 aromatic heterocycles. The van der Waals surface area contributed by atoms with E-state index in [1.54, 1.807) is 0 Å². The van der Waals surface area contributed by atoms with Crippen molar-refractivity contribution in [3.8, 4) is 5.75 Å². The van der Waals surface area contributed by atoms with Crippen LogP contribution in [-0.2, 0) is 10.0 Å². The fourth-order valence-electron chi connectivity index (χ4n) is 2.83. The van der Waals surface area contributed by atoms with Crippen molar-refractivity contribution in [2.24, 2.45) is 0 Å². The molecule has 1 aliphatic rings. The zero-order valence-electron chi connectivity index (χ0n) is 15.0. The van der Waals surface area contributed by atoms with Gasteiger partial charge in [0.25, 0.3) is 0 Å². The van der Waals surface area contributed by atoms with Gasteiger partial charge in [-0.3, -0.25) is 0 Å². The van der Waals surface area contributed by atoms with E-state index in [0.29, 0.717) is 19.5 Å². The van der Waals surface area contributed by atoms with E-state index >= 15 is 0 Å². The second-order valence-corrected chi connectivity index (χ2v) is 8.32. The third-order valence-corrected chi connectivity index (χ3v) is 6.09. The molecule has 6 nitrogen and oxygen atoms in total. The lowest BCUT2D eigenvalue weighted by atomic mass is 10.2. The number of hydrogen-bond donors (Lipinski definition) is 2. The van der Waals surface area contributed by atoms with Gasteiger partial charge in [-0.25, -0.2) is 8.42 Å². The molecule has 1 aromatic carbocycles. The van der Waals surface area contributed by atoms with Crippen molar-refractivity contribution in [3.05, 3.63) is 18.2 Å². The van der Waals surface area contributed by atoms with Crippen LogP contribution in [0.5, 0.6) is 5.75 Å². The van der Waals surface area contributed by atoms with Crippen molar-refractivity contribution in [1.82, 2.24) is 4.31 Å². The number of aliphatic hydroxyl groups excluding tert-OH is 1. The molecule has 0 aliphatic carbocycles. The standard InChI is InChI=1S/C17H25F3N2O4S/c18-17(19,20)13-26-16-7-6-14(12-15(16)21-8-5-11-23)27(24,25)22-9-3-1-2-4-10-22/h6-7,12,21,23H,1-5,8-11,13H2.